The van der Waals surface area contributed by atoms with Gasteiger partial charge in [0.05, 0.1) is 5.69 Å². The largest absolute Gasteiger partial charge is 0.488 e. The quantitative estimate of drug-likeness (QED) is 0.477. The molecule has 5 heteroatoms. The van der Waals surface area contributed by atoms with Crippen LogP contribution in [-0.4, -0.2) is 23.2 Å². The average Bonchev–Trinajstić information content (AvgIpc) is 2.40. The molecule has 0 aromatic heterocycles. The van der Waals surface area contributed by atoms with Gasteiger partial charge in [0, 0.05) is 0 Å². The summed E-state index contributed by atoms with van der Waals surface area (Å²) in [7, 11) is -1.46. The standard InChI is InChI=1S/C13H10BNO3/c16-9-15-13-7-3-11(4-8-13)10-1-5-12(6-2-10)14(17)18/h1-8,17-18H. The Kier molecular flexibility index (Phi) is 3.70. The Hall–Kier alpha value is -2.20. The highest BCUT2D eigenvalue weighted by molar-refractivity contribution is 6.58. The van der Waals surface area contributed by atoms with Crippen molar-refractivity contribution in [2.24, 2.45) is 4.99 Å². The zero-order valence-electron chi connectivity index (χ0n) is 9.45. The fraction of sp³-hybridized carbons (Fsp3) is 0. The van der Waals surface area contributed by atoms with Crippen LogP contribution in [0.1, 0.15) is 0 Å². The highest BCUT2D eigenvalue weighted by Crippen LogP contribution is 2.21. The summed E-state index contributed by atoms with van der Waals surface area (Å²) in [6, 6.07) is 14.0. The van der Waals surface area contributed by atoms with Crippen molar-refractivity contribution in [1.29, 1.82) is 0 Å². The zero-order valence-corrected chi connectivity index (χ0v) is 9.45. The molecule has 0 amide bonds. The maximum absolute atomic E-state index is 10.1. The molecule has 0 saturated heterocycles. The lowest BCUT2D eigenvalue weighted by atomic mass is 9.80. The van der Waals surface area contributed by atoms with E-state index in [1.54, 1.807) is 36.4 Å². The molecule has 2 rings (SSSR count). The van der Waals surface area contributed by atoms with Gasteiger partial charge in [0.1, 0.15) is 0 Å². The van der Waals surface area contributed by atoms with Crippen molar-refractivity contribution >= 4 is 24.3 Å². The van der Waals surface area contributed by atoms with Gasteiger partial charge in [-0.2, -0.15) is 4.99 Å². The Balaban J connectivity index is 2.28. The molecule has 0 bridgehead atoms. The molecule has 2 aromatic rings. The SMILES string of the molecule is O=C=Nc1ccc(-c2ccc(B(O)O)cc2)cc1. The summed E-state index contributed by atoms with van der Waals surface area (Å²) in [6.07, 6.45) is 1.48. The van der Waals surface area contributed by atoms with Gasteiger partial charge < -0.3 is 10.0 Å². The van der Waals surface area contributed by atoms with E-state index in [9.17, 15) is 4.79 Å². The van der Waals surface area contributed by atoms with Crippen LogP contribution in [0.25, 0.3) is 11.1 Å². The fourth-order valence-corrected chi connectivity index (χ4v) is 1.63. The van der Waals surface area contributed by atoms with Crippen LogP contribution in [0.4, 0.5) is 5.69 Å². The summed E-state index contributed by atoms with van der Waals surface area (Å²) in [5.41, 5.74) is 2.90. The van der Waals surface area contributed by atoms with E-state index < -0.39 is 7.12 Å². The van der Waals surface area contributed by atoms with Crippen LogP contribution < -0.4 is 5.46 Å². The van der Waals surface area contributed by atoms with E-state index in [1.807, 2.05) is 12.1 Å². The summed E-state index contributed by atoms with van der Waals surface area (Å²) >= 11 is 0. The van der Waals surface area contributed by atoms with E-state index in [4.69, 9.17) is 10.0 Å². The minimum absolute atomic E-state index is 0.445. The van der Waals surface area contributed by atoms with E-state index in [-0.39, 0.29) is 0 Å². The van der Waals surface area contributed by atoms with Crippen molar-refractivity contribution in [2.45, 2.75) is 0 Å². The topological polar surface area (TPSA) is 69.9 Å². The molecular weight excluding hydrogens is 229 g/mol. The van der Waals surface area contributed by atoms with Crippen LogP contribution in [0.3, 0.4) is 0 Å². The van der Waals surface area contributed by atoms with Gasteiger partial charge in [0.15, 0.2) is 0 Å². The van der Waals surface area contributed by atoms with Crippen molar-refractivity contribution in [3.63, 3.8) is 0 Å². The highest BCUT2D eigenvalue weighted by atomic mass is 16.4. The van der Waals surface area contributed by atoms with Gasteiger partial charge in [0.2, 0.25) is 6.08 Å². The van der Waals surface area contributed by atoms with E-state index >= 15 is 0 Å². The molecule has 0 heterocycles. The molecule has 4 nitrogen and oxygen atoms in total. The van der Waals surface area contributed by atoms with Crippen molar-refractivity contribution in [3.8, 4) is 11.1 Å². The number of carbonyl (C=O) groups excluding carboxylic acids is 1. The molecule has 0 atom stereocenters. The number of rotatable bonds is 3. The molecular formula is C13H10BNO3. The first kappa shape index (κ1) is 12.3. The summed E-state index contributed by atoms with van der Waals surface area (Å²) in [4.78, 5) is 13.6. The molecule has 0 aliphatic rings. The van der Waals surface area contributed by atoms with Gasteiger partial charge in [0.25, 0.3) is 0 Å². The Morgan fingerprint density at radius 1 is 0.889 bits per heavy atom. The Morgan fingerprint density at radius 3 is 1.83 bits per heavy atom. The van der Waals surface area contributed by atoms with Crippen LogP contribution in [0, 0.1) is 0 Å². The van der Waals surface area contributed by atoms with Gasteiger partial charge in [-0.25, -0.2) is 4.79 Å². The number of isocyanates is 1. The third-order valence-electron chi connectivity index (χ3n) is 2.58. The molecule has 0 saturated carbocycles. The predicted molar refractivity (Wildman–Crippen MR) is 69.5 cm³/mol. The second-order valence-electron chi connectivity index (χ2n) is 3.75. The molecule has 0 fully saturated rings. The second kappa shape index (κ2) is 5.43. The van der Waals surface area contributed by atoms with E-state index in [1.165, 1.54) is 6.08 Å². The monoisotopic (exact) mass is 239 g/mol. The van der Waals surface area contributed by atoms with Crippen molar-refractivity contribution in [2.75, 3.05) is 0 Å². The summed E-state index contributed by atoms with van der Waals surface area (Å²) in [6.45, 7) is 0. The number of nitrogens with zero attached hydrogens (tertiary/aromatic N) is 1. The van der Waals surface area contributed by atoms with Crippen molar-refractivity contribution in [3.05, 3.63) is 48.5 Å². The van der Waals surface area contributed by atoms with Crippen molar-refractivity contribution in [1.82, 2.24) is 0 Å². The van der Waals surface area contributed by atoms with Gasteiger partial charge in [-0.15, -0.1) is 0 Å². The van der Waals surface area contributed by atoms with E-state index in [0.29, 0.717) is 11.2 Å². The Morgan fingerprint density at radius 2 is 1.39 bits per heavy atom. The molecule has 0 aliphatic heterocycles. The van der Waals surface area contributed by atoms with Gasteiger partial charge >= 0.3 is 7.12 Å². The molecule has 88 valence electrons. The average molecular weight is 239 g/mol. The lowest BCUT2D eigenvalue weighted by Crippen LogP contribution is -2.29. The second-order valence-corrected chi connectivity index (χ2v) is 3.75. The molecule has 18 heavy (non-hydrogen) atoms. The number of benzene rings is 2. The van der Waals surface area contributed by atoms with Crippen molar-refractivity contribution < 1.29 is 14.8 Å². The molecule has 0 spiro atoms. The van der Waals surface area contributed by atoms with Gasteiger partial charge in [-0.05, 0) is 28.7 Å². The minimum atomic E-state index is -1.46. The minimum Gasteiger partial charge on any atom is -0.423 e. The summed E-state index contributed by atoms with van der Waals surface area (Å²) in [5, 5.41) is 18.0. The van der Waals surface area contributed by atoms with E-state index in [0.717, 1.165) is 11.1 Å². The van der Waals surface area contributed by atoms with Crippen LogP contribution in [0.15, 0.2) is 53.5 Å². The smallest absolute Gasteiger partial charge is 0.423 e. The Labute approximate surface area is 104 Å². The molecule has 0 radical (unpaired) electrons. The first-order chi connectivity index (χ1) is 8.70. The highest BCUT2D eigenvalue weighted by Gasteiger charge is 2.09. The first-order valence-electron chi connectivity index (χ1n) is 5.35. The maximum Gasteiger partial charge on any atom is 0.488 e. The number of hydrogen-bond acceptors (Lipinski definition) is 4. The number of aliphatic imine (C=N–C) groups is 1. The molecule has 0 aliphatic carbocycles. The van der Waals surface area contributed by atoms with Crippen LogP contribution in [0.5, 0.6) is 0 Å². The predicted octanol–water partition coefficient (Wildman–Crippen LogP) is 1.00. The van der Waals surface area contributed by atoms with Crippen LogP contribution in [0.2, 0.25) is 0 Å². The fourth-order valence-electron chi connectivity index (χ4n) is 1.63. The van der Waals surface area contributed by atoms with Crippen LogP contribution in [-0.2, 0) is 4.79 Å². The lowest BCUT2D eigenvalue weighted by Gasteiger charge is -2.04. The summed E-state index contributed by atoms with van der Waals surface area (Å²) < 4.78 is 0. The molecule has 0 unspecified atom stereocenters. The first-order valence-corrected chi connectivity index (χ1v) is 5.35. The van der Waals surface area contributed by atoms with Gasteiger partial charge in [-0.3, -0.25) is 0 Å². The lowest BCUT2D eigenvalue weighted by molar-refractivity contribution is 0.426. The van der Waals surface area contributed by atoms with Crippen LogP contribution >= 0.6 is 0 Å². The normalized spacial score (nSPS) is 9.67. The Bertz CT molecular complexity index is 572. The zero-order chi connectivity index (χ0) is 13.0. The molecule has 2 N–H and O–H groups in total. The van der Waals surface area contributed by atoms with Gasteiger partial charge in [-0.1, -0.05) is 36.4 Å². The third-order valence-corrected chi connectivity index (χ3v) is 2.58. The van der Waals surface area contributed by atoms with E-state index in [2.05, 4.69) is 4.99 Å². The summed E-state index contributed by atoms with van der Waals surface area (Å²) in [5.74, 6) is 0. The third kappa shape index (κ3) is 2.73. The number of hydrogen-bond donors (Lipinski definition) is 2. The molecule has 2 aromatic carbocycles. The maximum atomic E-state index is 10.1.